The zero-order valence-electron chi connectivity index (χ0n) is 9.05. The van der Waals surface area contributed by atoms with Crippen molar-refractivity contribution in [2.24, 2.45) is 0 Å². The van der Waals surface area contributed by atoms with Crippen LogP contribution in [0.3, 0.4) is 0 Å². The SMILES string of the molecule is CNC1(c2cc(C)ccc2OC)CC1. The molecule has 2 heteroatoms. The van der Waals surface area contributed by atoms with Gasteiger partial charge in [0, 0.05) is 11.1 Å². The van der Waals surface area contributed by atoms with Gasteiger partial charge in [0.2, 0.25) is 0 Å². The molecule has 0 bridgehead atoms. The van der Waals surface area contributed by atoms with Crippen LogP contribution in [0.15, 0.2) is 18.2 Å². The van der Waals surface area contributed by atoms with Gasteiger partial charge in [0.15, 0.2) is 0 Å². The zero-order valence-corrected chi connectivity index (χ0v) is 9.05. The topological polar surface area (TPSA) is 21.3 Å². The predicted molar refractivity (Wildman–Crippen MR) is 57.7 cm³/mol. The fourth-order valence-corrected chi connectivity index (χ4v) is 1.97. The summed E-state index contributed by atoms with van der Waals surface area (Å²) in [5.41, 5.74) is 2.79. The third-order valence-electron chi connectivity index (χ3n) is 3.10. The molecule has 0 aromatic heterocycles. The Morgan fingerprint density at radius 2 is 2.07 bits per heavy atom. The van der Waals surface area contributed by atoms with Crippen molar-refractivity contribution >= 4 is 0 Å². The van der Waals surface area contributed by atoms with Gasteiger partial charge < -0.3 is 10.1 Å². The highest BCUT2D eigenvalue weighted by atomic mass is 16.5. The first-order valence-electron chi connectivity index (χ1n) is 5.06. The summed E-state index contributed by atoms with van der Waals surface area (Å²) in [7, 11) is 3.76. The Hall–Kier alpha value is -1.02. The van der Waals surface area contributed by atoms with Crippen molar-refractivity contribution in [1.82, 2.24) is 5.32 Å². The number of methoxy groups -OCH3 is 1. The van der Waals surface area contributed by atoms with E-state index >= 15 is 0 Å². The average Bonchev–Trinajstić information content (AvgIpc) is 2.98. The van der Waals surface area contributed by atoms with Gasteiger partial charge in [-0.3, -0.25) is 0 Å². The van der Waals surface area contributed by atoms with E-state index in [-0.39, 0.29) is 5.54 Å². The minimum absolute atomic E-state index is 0.192. The first-order chi connectivity index (χ1) is 6.72. The summed E-state index contributed by atoms with van der Waals surface area (Å²) < 4.78 is 5.39. The molecule has 1 aromatic carbocycles. The molecule has 1 saturated carbocycles. The number of hydrogen-bond donors (Lipinski definition) is 1. The van der Waals surface area contributed by atoms with Crippen LogP contribution in [-0.2, 0) is 5.54 Å². The molecule has 2 rings (SSSR count). The fourth-order valence-electron chi connectivity index (χ4n) is 1.97. The molecule has 76 valence electrons. The Kier molecular flexibility index (Phi) is 2.23. The second-order valence-electron chi connectivity index (χ2n) is 4.04. The molecule has 0 spiro atoms. The molecule has 0 saturated heterocycles. The second-order valence-corrected chi connectivity index (χ2v) is 4.04. The van der Waals surface area contributed by atoms with Crippen molar-refractivity contribution in [3.63, 3.8) is 0 Å². The van der Waals surface area contributed by atoms with Crippen molar-refractivity contribution in [3.8, 4) is 5.75 Å². The minimum atomic E-state index is 0.192. The summed E-state index contributed by atoms with van der Waals surface area (Å²) in [5.74, 6) is 1.00. The first-order valence-corrected chi connectivity index (χ1v) is 5.06. The van der Waals surface area contributed by atoms with Gasteiger partial charge in [-0.15, -0.1) is 0 Å². The third kappa shape index (κ3) is 1.40. The van der Waals surface area contributed by atoms with Gasteiger partial charge in [0.25, 0.3) is 0 Å². The van der Waals surface area contributed by atoms with Gasteiger partial charge in [-0.2, -0.15) is 0 Å². The summed E-state index contributed by atoms with van der Waals surface area (Å²) in [6.07, 6.45) is 2.42. The van der Waals surface area contributed by atoms with Crippen LogP contribution in [0.2, 0.25) is 0 Å². The summed E-state index contributed by atoms with van der Waals surface area (Å²) in [6, 6.07) is 6.37. The lowest BCUT2D eigenvalue weighted by Gasteiger charge is -2.18. The van der Waals surface area contributed by atoms with E-state index in [2.05, 4.69) is 30.4 Å². The molecule has 1 fully saturated rings. The number of nitrogens with one attached hydrogen (secondary N) is 1. The zero-order chi connectivity index (χ0) is 10.2. The van der Waals surface area contributed by atoms with E-state index in [0.29, 0.717) is 0 Å². The molecule has 1 aromatic rings. The first kappa shape index (κ1) is 9.53. The van der Waals surface area contributed by atoms with Crippen LogP contribution in [0.5, 0.6) is 5.75 Å². The lowest BCUT2D eigenvalue weighted by molar-refractivity contribution is 0.399. The van der Waals surface area contributed by atoms with Crippen molar-refractivity contribution < 1.29 is 4.74 Å². The molecule has 1 aliphatic rings. The van der Waals surface area contributed by atoms with E-state index in [1.807, 2.05) is 7.05 Å². The van der Waals surface area contributed by atoms with E-state index < -0.39 is 0 Å². The van der Waals surface area contributed by atoms with Crippen LogP contribution in [0.1, 0.15) is 24.0 Å². The van der Waals surface area contributed by atoms with Crippen LogP contribution < -0.4 is 10.1 Å². The Morgan fingerprint density at radius 3 is 2.57 bits per heavy atom. The van der Waals surface area contributed by atoms with Crippen molar-refractivity contribution in [2.75, 3.05) is 14.2 Å². The highest BCUT2D eigenvalue weighted by Gasteiger charge is 2.44. The Bertz CT molecular complexity index is 342. The molecular weight excluding hydrogens is 174 g/mol. The number of rotatable bonds is 3. The second kappa shape index (κ2) is 3.28. The summed E-state index contributed by atoms with van der Waals surface area (Å²) >= 11 is 0. The van der Waals surface area contributed by atoms with Crippen LogP contribution in [0.4, 0.5) is 0 Å². The molecule has 0 amide bonds. The summed E-state index contributed by atoms with van der Waals surface area (Å²) in [5, 5.41) is 3.39. The maximum absolute atomic E-state index is 5.39. The Morgan fingerprint density at radius 1 is 1.36 bits per heavy atom. The molecule has 0 heterocycles. The number of benzene rings is 1. The molecule has 2 nitrogen and oxygen atoms in total. The smallest absolute Gasteiger partial charge is 0.123 e. The molecular formula is C12H17NO. The van der Waals surface area contributed by atoms with Crippen LogP contribution in [-0.4, -0.2) is 14.2 Å². The van der Waals surface area contributed by atoms with Crippen molar-refractivity contribution in [3.05, 3.63) is 29.3 Å². The van der Waals surface area contributed by atoms with E-state index in [1.54, 1.807) is 7.11 Å². The average molecular weight is 191 g/mol. The summed E-state index contributed by atoms with van der Waals surface area (Å²) in [4.78, 5) is 0. The van der Waals surface area contributed by atoms with Crippen LogP contribution in [0, 0.1) is 6.92 Å². The fraction of sp³-hybridized carbons (Fsp3) is 0.500. The molecule has 0 radical (unpaired) electrons. The highest BCUT2D eigenvalue weighted by Crippen LogP contribution is 2.48. The molecule has 1 N–H and O–H groups in total. The standard InChI is InChI=1S/C12H17NO/c1-9-4-5-11(14-3)10(8-9)12(13-2)6-7-12/h4-5,8,13H,6-7H2,1-3H3. The molecule has 1 aliphatic carbocycles. The van der Waals surface area contributed by atoms with Gasteiger partial charge in [-0.1, -0.05) is 17.7 Å². The predicted octanol–water partition coefficient (Wildman–Crippen LogP) is 2.21. The highest BCUT2D eigenvalue weighted by molar-refractivity contribution is 5.44. The monoisotopic (exact) mass is 191 g/mol. The Balaban J connectivity index is 2.44. The normalized spacial score (nSPS) is 17.9. The van der Waals surface area contributed by atoms with E-state index in [1.165, 1.54) is 24.0 Å². The number of hydrogen-bond acceptors (Lipinski definition) is 2. The van der Waals surface area contributed by atoms with Gasteiger partial charge >= 0.3 is 0 Å². The van der Waals surface area contributed by atoms with E-state index in [0.717, 1.165) is 5.75 Å². The van der Waals surface area contributed by atoms with Gasteiger partial charge in [0.05, 0.1) is 7.11 Å². The quantitative estimate of drug-likeness (QED) is 0.791. The van der Waals surface area contributed by atoms with E-state index in [9.17, 15) is 0 Å². The van der Waals surface area contributed by atoms with E-state index in [4.69, 9.17) is 4.74 Å². The van der Waals surface area contributed by atoms with Gasteiger partial charge in [0.1, 0.15) is 5.75 Å². The molecule has 14 heavy (non-hydrogen) atoms. The van der Waals surface area contributed by atoms with Gasteiger partial charge in [-0.25, -0.2) is 0 Å². The molecule has 0 unspecified atom stereocenters. The number of ether oxygens (including phenoxy) is 1. The summed E-state index contributed by atoms with van der Waals surface area (Å²) in [6.45, 7) is 2.12. The van der Waals surface area contributed by atoms with Gasteiger partial charge in [-0.05, 0) is 32.9 Å². The lowest BCUT2D eigenvalue weighted by atomic mass is 10.0. The molecule has 0 aliphatic heterocycles. The van der Waals surface area contributed by atoms with Crippen molar-refractivity contribution in [2.45, 2.75) is 25.3 Å². The largest absolute Gasteiger partial charge is 0.496 e. The molecule has 0 atom stereocenters. The van der Waals surface area contributed by atoms with Crippen molar-refractivity contribution in [1.29, 1.82) is 0 Å². The maximum Gasteiger partial charge on any atom is 0.123 e. The Labute approximate surface area is 85.3 Å². The lowest BCUT2D eigenvalue weighted by Crippen LogP contribution is -2.25. The third-order valence-corrected chi connectivity index (χ3v) is 3.10. The van der Waals surface area contributed by atoms with Crippen LogP contribution in [0.25, 0.3) is 0 Å². The van der Waals surface area contributed by atoms with Crippen LogP contribution >= 0.6 is 0 Å². The number of aryl methyl sites for hydroxylation is 1. The minimum Gasteiger partial charge on any atom is -0.496 e. The maximum atomic E-state index is 5.39.